The number of aromatic nitrogens is 3. The quantitative estimate of drug-likeness (QED) is 0.731. The first-order chi connectivity index (χ1) is 6.04. The fourth-order valence-corrected chi connectivity index (χ4v) is 1.20. The molecule has 0 saturated carbocycles. The highest BCUT2D eigenvalue weighted by Crippen LogP contribution is 2.20. The van der Waals surface area contributed by atoms with Gasteiger partial charge in [-0.1, -0.05) is 32.5 Å². The summed E-state index contributed by atoms with van der Waals surface area (Å²) in [6, 6.07) is 2.03. The largest absolute Gasteiger partial charge is 0.262 e. The summed E-state index contributed by atoms with van der Waals surface area (Å²) in [5, 5.41) is 15.9. The molecule has 0 fully saturated rings. The van der Waals surface area contributed by atoms with E-state index in [0.717, 1.165) is 5.82 Å². The monoisotopic (exact) mass is 196 g/mol. The van der Waals surface area contributed by atoms with Gasteiger partial charge in [-0.15, -0.1) is 5.10 Å². The molecular formula is C8H12N4S. The van der Waals surface area contributed by atoms with Crippen LogP contribution in [0.5, 0.6) is 0 Å². The van der Waals surface area contributed by atoms with E-state index < -0.39 is 0 Å². The summed E-state index contributed by atoms with van der Waals surface area (Å²) in [6.45, 7) is 6.19. The minimum absolute atomic E-state index is 0.0154. The molecule has 5 heteroatoms. The summed E-state index contributed by atoms with van der Waals surface area (Å²) < 4.78 is 0. The van der Waals surface area contributed by atoms with Gasteiger partial charge in [0.1, 0.15) is 5.82 Å². The molecule has 1 rings (SSSR count). The van der Waals surface area contributed by atoms with Gasteiger partial charge < -0.3 is 0 Å². The molecule has 1 N–H and O–H groups in total. The van der Waals surface area contributed by atoms with Crippen molar-refractivity contribution in [3.8, 4) is 6.07 Å². The Kier molecular flexibility index (Phi) is 2.94. The van der Waals surface area contributed by atoms with E-state index in [1.54, 1.807) is 0 Å². The maximum atomic E-state index is 8.36. The summed E-state index contributed by atoms with van der Waals surface area (Å²) >= 11 is 1.34. The van der Waals surface area contributed by atoms with Crippen LogP contribution in [0.3, 0.4) is 0 Å². The fourth-order valence-electron chi connectivity index (χ4n) is 0.743. The lowest BCUT2D eigenvalue weighted by atomic mass is 9.96. The van der Waals surface area contributed by atoms with Crippen molar-refractivity contribution >= 4 is 11.8 Å². The molecule has 0 aliphatic rings. The molecule has 1 heterocycles. The molecule has 0 spiro atoms. The standard InChI is InChI=1S/C8H12N4S/c1-8(2,3)6-10-7(12-11-6)13-5-4-9/h5H2,1-3H3,(H,10,11,12). The second-order valence-electron chi connectivity index (χ2n) is 3.66. The van der Waals surface area contributed by atoms with Gasteiger partial charge >= 0.3 is 0 Å². The van der Waals surface area contributed by atoms with Crippen LogP contribution in [0.25, 0.3) is 0 Å². The van der Waals surface area contributed by atoms with Crippen LogP contribution < -0.4 is 0 Å². The van der Waals surface area contributed by atoms with Crippen LogP contribution in [-0.4, -0.2) is 20.9 Å². The molecule has 70 valence electrons. The first kappa shape index (κ1) is 10.1. The number of hydrogen-bond acceptors (Lipinski definition) is 4. The Hall–Kier alpha value is -1.02. The summed E-state index contributed by atoms with van der Waals surface area (Å²) in [6.07, 6.45) is 0. The number of rotatable bonds is 2. The Morgan fingerprint density at radius 3 is 2.69 bits per heavy atom. The molecule has 0 radical (unpaired) electrons. The zero-order valence-electron chi connectivity index (χ0n) is 7.96. The Balaban J connectivity index is 2.71. The van der Waals surface area contributed by atoms with Crippen LogP contribution in [0.1, 0.15) is 26.6 Å². The molecular weight excluding hydrogens is 184 g/mol. The van der Waals surface area contributed by atoms with Gasteiger partial charge in [-0.2, -0.15) is 5.26 Å². The molecule has 0 aliphatic heterocycles. The molecule has 0 atom stereocenters. The maximum Gasteiger partial charge on any atom is 0.209 e. The van der Waals surface area contributed by atoms with Gasteiger partial charge in [-0.25, -0.2) is 4.98 Å². The van der Waals surface area contributed by atoms with E-state index in [0.29, 0.717) is 10.9 Å². The third-order valence-electron chi connectivity index (χ3n) is 1.44. The van der Waals surface area contributed by atoms with Gasteiger partial charge in [0.05, 0.1) is 11.8 Å². The normalized spacial score (nSPS) is 11.2. The van der Waals surface area contributed by atoms with Crippen LogP contribution in [0.4, 0.5) is 0 Å². The molecule has 0 bridgehead atoms. The van der Waals surface area contributed by atoms with E-state index >= 15 is 0 Å². The number of thioether (sulfide) groups is 1. The van der Waals surface area contributed by atoms with Crippen molar-refractivity contribution in [2.75, 3.05) is 5.75 Å². The molecule has 0 amide bonds. The van der Waals surface area contributed by atoms with Crippen molar-refractivity contribution in [1.82, 2.24) is 15.2 Å². The first-order valence-electron chi connectivity index (χ1n) is 3.96. The Labute approximate surface area is 81.8 Å². The van der Waals surface area contributed by atoms with Gasteiger partial charge in [0, 0.05) is 5.41 Å². The molecule has 0 aliphatic carbocycles. The summed E-state index contributed by atoms with van der Waals surface area (Å²) in [5.41, 5.74) is -0.0154. The van der Waals surface area contributed by atoms with Crippen LogP contribution in [-0.2, 0) is 5.41 Å². The minimum atomic E-state index is -0.0154. The second kappa shape index (κ2) is 3.79. The summed E-state index contributed by atoms with van der Waals surface area (Å²) in [4.78, 5) is 4.26. The van der Waals surface area contributed by atoms with Crippen molar-refractivity contribution in [2.24, 2.45) is 0 Å². The zero-order chi connectivity index (χ0) is 9.90. The van der Waals surface area contributed by atoms with Crippen LogP contribution in [0.15, 0.2) is 5.16 Å². The molecule has 1 aromatic rings. The predicted octanol–water partition coefficient (Wildman–Crippen LogP) is 1.72. The van der Waals surface area contributed by atoms with Gasteiger partial charge in [-0.3, -0.25) is 5.10 Å². The average Bonchev–Trinajstić information content (AvgIpc) is 2.47. The summed E-state index contributed by atoms with van der Waals surface area (Å²) in [7, 11) is 0. The summed E-state index contributed by atoms with van der Waals surface area (Å²) in [5.74, 6) is 1.24. The van der Waals surface area contributed by atoms with E-state index in [1.807, 2.05) is 6.07 Å². The number of nitrogens with one attached hydrogen (secondary N) is 1. The maximum absolute atomic E-state index is 8.36. The Morgan fingerprint density at radius 1 is 1.54 bits per heavy atom. The highest BCUT2D eigenvalue weighted by molar-refractivity contribution is 7.99. The first-order valence-corrected chi connectivity index (χ1v) is 4.95. The van der Waals surface area contributed by atoms with E-state index in [2.05, 4.69) is 36.0 Å². The van der Waals surface area contributed by atoms with Crippen molar-refractivity contribution in [2.45, 2.75) is 31.3 Å². The van der Waals surface area contributed by atoms with Crippen molar-refractivity contribution in [3.63, 3.8) is 0 Å². The third-order valence-corrected chi connectivity index (χ3v) is 2.16. The van der Waals surface area contributed by atoms with Gasteiger partial charge in [0.2, 0.25) is 5.16 Å². The van der Waals surface area contributed by atoms with Crippen molar-refractivity contribution in [1.29, 1.82) is 5.26 Å². The number of aromatic amines is 1. The Bertz CT molecular complexity index is 318. The highest BCUT2D eigenvalue weighted by Gasteiger charge is 2.18. The Morgan fingerprint density at radius 2 is 2.23 bits per heavy atom. The van der Waals surface area contributed by atoms with Crippen molar-refractivity contribution < 1.29 is 0 Å². The molecule has 0 aromatic carbocycles. The average molecular weight is 196 g/mol. The van der Waals surface area contributed by atoms with Gasteiger partial charge in [0.15, 0.2) is 0 Å². The smallest absolute Gasteiger partial charge is 0.209 e. The zero-order valence-corrected chi connectivity index (χ0v) is 8.77. The highest BCUT2D eigenvalue weighted by atomic mass is 32.2. The fraction of sp³-hybridized carbons (Fsp3) is 0.625. The van der Waals surface area contributed by atoms with E-state index in [-0.39, 0.29) is 5.41 Å². The third kappa shape index (κ3) is 2.74. The lowest BCUT2D eigenvalue weighted by Crippen LogP contribution is -2.13. The predicted molar refractivity (Wildman–Crippen MR) is 51.4 cm³/mol. The van der Waals surface area contributed by atoms with Gasteiger partial charge in [0.25, 0.3) is 0 Å². The minimum Gasteiger partial charge on any atom is -0.262 e. The SMILES string of the molecule is CC(C)(C)c1nc(SCC#N)n[nH]1. The number of nitrogens with zero attached hydrogens (tertiary/aromatic N) is 3. The number of hydrogen-bond donors (Lipinski definition) is 1. The van der Waals surface area contributed by atoms with Gasteiger partial charge in [-0.05, 0) is 0 Å². The van der Waals surface area contributed by atoms with E-state index in [9.17, 15) is 0 Å². The lowest BCUT2D eigenvalue weighted by Gasteiger charge is -2.12. The molecule has 0 saturated heterocycles. The molecule has 4 nitrogen and oxygen atoms in total. The molecule has 1 aromatic heterocycles. The lowest BCUT2D eigenvalue weighted by molar-refractivity contribution is 0.547. The van der Waals surface area contributed by atoms with Crippen molar-refractivity contribution in [3.05, 3.63) is 5.82 Å². The van der Waals surface area contributed by atoms with Crippen LogP contribution >= 0.6 is 11.8 Å². The molecule has 0 unspecified atom stereocenters. The number of H-pyrrole nitrogens is 1. The van der Waals surface area contributed by atoms with E-state index in [4.69, 9.17) is 5.26 Å². The second-order valence-corrected chi connectivity index (χ2v) is 4.61. The van der Waals surface area contributed by atoms with E-state index in [1.165, 1.54) is 11.8 Å². The topological polar surface area (TPSA) is 65.4 Å². The van der Waals surface area contributed by atoms with Crippen LogP contribution in [0.2, 0.25) is 0 Å². The number of nitriles is 1. The molecule has 13 heavy (non-hydrogen) atoms. The van der Waals surface area contributed by atoms with Crippen LogP contribution in [0, 0.1) is 11.3 Å².